The summed E-state index contributed by atoms with van der Waals surface area (Å²) in [5.74, 6) is -0.394. The predicted octanol–water partition coefficient (Wildman–Crippen LogP) is 8.40. The maximum atomic E-state index is 13.6. The Morgan fingerprint density at radius 3 is 2.52 bits per heavy atom. The van der Waals surface area contributed by atoms with E-state index in [4.69, 9.17) is 32.4 Å². The second-order valence-corrected chi connectivity index (χ2v) is 12.8. The Kier molecular flexibility index (Phi) is 8.76. The van der Waals surface area contributed by atoms with Crippen molar-refractivity contribution in [2.75, 3.05) is 4.90 Å². The van der Waals surface area contributed by atoms with Gasteiger partial charge in [-0.3, -0.25) is 14.5 Å². The summed E-state index contributed by atoms with van der Waals surface area (Å²) in [5, 5.41) is 20.9. The molecule has 12 heteroatoms. The average molecular weight is 665 g/mol. The van der Waals surface area contributed by atoms with Gasteiger partial charge in [0.2, 0.25) is 10.9 Å². The molecule has 5 aromatic rings. The summed E-state index contributed by atoms with van der Waals surface area (Å²) in [7, 11) is 0. The monoisotopic (exact) mass is 663 g/mol. The number of aryl methyl sites for hydroxylation is 1. The average Bonchev–Trinajstić information content (AvgIpc) is 3.74. The van der Waals surface area contributed by atoms with Gasteiger partial charge < -0.3 is 14.3 Å². The molecular formula is C32H23Cl2N3O5S2. The van der Waals surface area contributed by atoms with Crippen LogP contribution in [-0.2, 0) is 17.2 Å². The van der Waals surface area contributed by atoms with Crippen molar-refractivity contribution in [3.8, 4) is 5.75 Å². The van der Waals surface area contributed by atoms with Gasteiger partial charge in [-0.1, -0.05) is 94.8 Å². The number of halogens is 2. The highest BCUT2D eigenvalue weighted by Crippen LogP contribution is 2.44. The second-order valence-electron chi connectivity index (χ2n) is 9.80. The molecule has 44 heavy (non-hydrogen) atoms. The number of aliphatic hydroxyl groups excluding tert-OH is 1. The molecule has 1 aliphatic heterocycles. The number of ketones is 1. The van der Waals surface area contributed by atoms with Gasteiger partial charge in [0.05, 0.1) is 11.6 Å². The summed E-state index contributed by atoms with van der Waals surface area (Å²) in [6.45, 7) is 2.09. The Hall–Kier alpha value is -4.09. The first kappa shape index (κ1) is 30.0. The number of anilines is 1. The van der Waals surface area contributed by atoms with Crippen molar-refractivity contribution in [1.82, 2.24) is 10.2 Å². The van der Waals surface area contributed by atoms with Crippen LogP contribution in [0.5, 0.6) is 5.75 Å². The first-order chi connectivity index (χ1) is 21.3. The molecule has 3 aromatic carbocycles. The summed E-state index contributed by atoms with van der Waals surface area (Å²) in [5.41, 5.74) is 2.34. The van der Waals surface area contributed by atoms with Crippen molar-refractivity contribution < 1.29 is 23.8 Å². The van der Waals surface area contributed by atoms with E-state index >= 15 is 0 Å². The molecule has 0 saturated heterocycles. The molecule has 1 amide bonds. The van der Waals surface area contributed by atoms with Gasteiger partial charge in [0, 0.05) is 15.8 Å². The van der Waals surface area contributed by atoms with E-state index in [-0.39, 0.29) is 16.5 Å². The van der Waals surface area contributed by atoms with E-state index in [2.05, 4.69) is 10.2 Å². The molecule has 3 heterocycles. The van der Waals surface area contributed by atoms with E-state index in [1.165, 1.54) is 22.7 Å². The zero-order valence-corrected chi connectivity index (χ0v) is 26.2. The van der Waals surface area contributed by atoms with Crippen molar-refractivity contribution in [1.29, 1.82) is 0 Å². The standard InChI is InChI=1S/C32H23Cl2N3O5S2/c1-18-7-14-25(42-18)28(38)26-27(20-9-12-23(13-10-20)41-16-19-5-3-2-4-6-19)37(30(40)29(26)39)31-35-36-32(44-31)43-17-21-8-11-22(33)15-24(21)34/h2-15,27,39H,16-17H2,1H3. The van der Waals surface area contributed by atoms with Gasteiger partial charge in [-0.2, -0.15) is 0 Å². The van der Waals surface area contributed by atoms with Crippen LogP contribution in [0.15, 0.2) is 105 Å². The number of rotatable bonds is 10. The quantitative estimate of drug-likeness (QED) is 0.0902. The van der Waals surface area contributed by atoms with Gasteiger partial charge >= 0.3 is 0 Å². The molecule has 0 spiro atoms. The zero-order chi connectivity index (χ0) is 30.8. The van der Waals surface area contributed by atoms with Crippen LogP contribution in [0.25, 0.3) is 0 Å². The van der Waals surface area contributed by atoms with Crippen molar-refractivity contribution in [2.45, 2.75) is 29.7 Å². The molecule has 0 aliphatic carbocycles. The maximum Gasteiger partial charge on any atom is 0.296 e. The van der Waals surface area contributed by atoms with Gasteiger partial charge in [-0.15, -0.1) is 10.2 Å². The fourth-order valence-corrected chi connectivity index (χ4v) is 7.09. The summed E-state index contributed by atoms with van der Waals surface area (Å²) in [4.78, 5) is 28.5. The van der Waals surface area contributed by atoms with E-state index in [0.717, 1.165) is 22.5 Å². The number of benzene rings is 3. The number of furan rings is 1. The molecular weight excluding hydrogens is 641 g/mol. The molecule has 0 saturated carbocycles. The number of carbonyl (C=O) groups excluding carboxylic acids is 2. The maximum absolute atomic E-state index is 13.6. The molecule has 222 valence electrons. The van der Waals surface area contributed by atoms with Gasteiger partial charge in [-0.25, -0.2) is 0 Å². The minimum absolute atomic E-state index is 0.0138. The third-order valence-corrected chi connectivity index (χ3v) is 9.52. The minimum atomic E-state index is -0.986. The van der Waals surface area contributed by atoms with E-state index in [1.807, 2.05) is 36.4 Å². The Labute approximate surface area is 270 Å². The Morgan fingerprint density at radius 2 is 1.82 bits per heavy atom. The molecule has 0 radical (unpaired) electrons. The Bertz CT molecular complexity index is 1870. The molecule has 1 unspecified atom stereocenters. The number of hydrogen-bond acceptors (Lipinski definition) is 9. The lowest BCUT2D eigenvalue weighted by Crippen LogP contribution is -2.31. The van der Waals surface area contributed by atoms with Crippen LogP contribution < -0.4 is 9.64 Å². The minimum Gasteiger partial charge on any atom is -0.503 e. The lowest BCUT2D eigenvalue weighted by molar-refractivity contribution is -0.117. The number of aliphatic hydroxyl groups is 1. The fraction of sp³-hybridized carbons (Fsp3) is 0.125. The molecule has 0 fully saturated rings. The van der Waals surface area contributed by atoms with Crippen LogP contribution in [0.3, 0.4) is 0 Å². The van der Waals surface area contributed by atoms with Crippen molar-refractivity contribution in [3.05, 3.63) is 135 Å². The summed E-state index contributed by atoms with van der Waals surface area (Å²) < 4.78 is 12.1. The van der Waals surface area contributed by atoms with E-state index in [0.29, 0.717) is 43.8 Å². The lowest BCUT2D eigenvalue weighted by Gasteiger charge is -2.24. The highest BCUT2D eigenvalue weighted by Gasteiger charge is 2.46. The Morgan fingerprint density at radius 1 is 1.05 bits per heavy atom. The second kappa shape index (κ2) is 12.9. The number of aromatic nitrogens is 2. The van der Waals surface area contributed by atoms with Crippen LogP contribution >= 0.6 is 46.3 Å². The number of thioether (sulfide) groups is 1. The molecule has 2 aromatic heterocycles. The molecule has 0 bridgehead atoms. The van der Waals surface area contributed by atoms with Crippen LogP contribution in [0.1, 0.15) is 39.0 Å². The van der Waals surface area contributed by atoms with Crippen molar-refractivity contribution in [2.24, 2.45) is 0 Å². The van der Waals surface area contributed by atoms with Crippen molar-refractivity contribution >= 4 is 63.1 Å². The first-order valence-electron chi connectivity index (χ1n) is 13.3. The number of nitrogens with zero attached hydrogens (tertiary/aromatic N) is 3. The largest absolute Gasteiger partial charge is 0.503 e. The molecule has 6 rings (SSSR count). The molecule has 1 atom stereocenters. The first-order valence-corrected chi connectivity index (χ1v) is 15.9. The number of ether oxygens (including phenoxy) is 1. The Balaban J connectivity index is 1.29. The summed E-state index contributed by atoms with van der Waals surface area (Å²) in [6, 6.07) is 24.2. The van der Waals surface area contributed by atoms with Crippen molar-refractivity contribution in [3.63, 3.8) is 0 Å². The number of Topliss-reactive ketones (excluding diaryl/α,β-unsaturated/α-hetero) is 1. The molecule has 1 N–H and O–H groups in total. The van der Waals surface area contributed by atoms with E-state index in [9.17, 15) is 14.7 Å². The van der Waals surface area contributed by atoms with Crippen LogP contribution in [0.4, 0.5) is 5.13 Å². The third kappa shape index (κ3) is 6.25. The van der Waals surface area contributed by atoms with Crippen LogP contribution in [0.2, 0.25) is 10.0 Å². The molecule has 1 aliphatic rings. The highest BCUT2D eigenvalue weighted by molar-refractivity contribution is 8.00. The number of hydrogen-bond donors (Lipinski definition) is 1. The summed E-state index contributed by atoms with van der Waals surface area (Å²) >= 11 is 14.9. The fourth-order valence-electron chi connectivity index (χ4n) is 4.66. The SMILES string of the molecule is Cc1ccc(C(=O)C2=C(O)C(=O)N(c3nnc(SCc4ccc(Cl)cc4Cl)s3)C2c2ccc(OCc3ccccc3)cc2)o1. The smallest absolute Gasteiger partial charge is 0.296 e. The zero-order valence-electron chi connectivity index (χ0n) is 23.1. The van der Waals surface area contributed by atoms with Gasteiger partial charge in [0.1, 0.15) is 18.1 Å². The third-order valence-electron chi connectivity index (χ3n) is 6.83. The number of carbonyl (C=O) groups is 2. The lowest BCUT2D eigenvalue weighted by atomic mass is 9.95. The van der Waals surface area contributed by atoms with E-state index in [1.54, 1.807) is 49.4 Å². The van der Waals surface area contributed by atoms with Gasteiger partial charge in [0.15, 0.2) is 15.9 Å². The highest BCUT2D eigenvalue weighted by atomic mass is 35.5. The number of amides is 1. The molecule has 8 nitrogen and oxygen atoms in total. The normalized spacial score (nSPS) is 14.8. The predicted molar refractivity (Wildman–Crippen MR) is 171 cm³/mol. The van der Waals surface area contributed by atoms with E-state index < -0.39 is 23.5 Å². The van der Waals surface area contributed by atoms with Crippen LogP contribution in [0, 0.1) is 6.92 Å². The van der Waals surface area contributed by atoms with Crippen LogP contribution in [-0.4, -0.2) is 27.0 Å². The topological polar surface area (TPSA) is 106 Å². The van der Waals surface area contributed by atoms with Gasteiger partial charge in [0.25, 0.3) is 5.91 Å². The van der Waals surface area contributed by atoms with Gasteiger partial charge in [-0.05, 0) is 60.0 Å². The summed E-state index contributed by atoms with van der Waals surface area (Å²) in [6.07, 6.45) is 0.